The van der Waals surface area contributed by atoms with Gasteiger partial charge < -0.3 is 14.9 Å². The molecule has 19 heavy (non-hydrogen) atoms. The fourth-order valence-electron chi connectivity index (χ4n) is 1.82. The van der Waals surface area contributed by atoms with E-state index in [1.807, 2.05) is 36.4 Å². The Morgan fingerprint density at radius 1 is 1.26 bits per heavy atom. The molecular weight excluding hydrogens is 258 g/mol. The van der Waals surface area contributed by atoms with Crippen LogP contribution in [-0.4, -0.2) is 13.2 Å². The van der Waals surface area contributed by atoms with Crippen molar-refractivity contribution in [2.45, 2.75) is 29.5 Å². The van der Waals surface area contributed by atoms with Gasteiger partial charge in [-0.25, -0.2) is 0 Å². The fourth-order valence-corrected chi connectivity index (χ4v) is 3.03. The monoisotopic (exact) mass is 277 g/mol. The summed E-state index contributed by atoms with van der Waals surface area (Å²) in [7, 11) is 1.67. The van der Waals surface area contributed by atoms with Gasteiger partial charge in [0.1, 0.15) is 11.5 Å². The number of hydrogen-bond donors (Lipinski definition) is 1. The van der Waals surface area contributed by atoms with E-state index in [0.717, 1.165) is 22.8 Å². The van der Waals surface area contributed by atoms with Crippen LogP contribution in [0.15, 0.2) is 52.0 Å². The number of rotatable bonds is 6. The van der Waals surface area contributed by atoms with Gasteiger partial charge in [-0.2, -0.15) is 0 Å². The molecule has 2 N–H and O–H groups in total. The van der Waals surface area contributed by atoms with Crippen LogP contribution >= 0.6 is 11.8 Å². The van der Waals surface area contributed by atoms with Gasteiger partial charge in [0, 0.05) is 10.9 Å². The van der Waals surface area contributed by atoms with Crippen LogP contribution in [0.25, 0.3) is 0 Å². The molecule has 4 heteroatoms. The van der Waals surface area contributed by atoms with Crippen molar-refractivity contribution in [3.8, 4) is 5.75 Å². The maximum Gasteiger partial charge on any atom is 0.118 e. The summed E-state index contributed by atoms with van der Waals surface area (Å²) in [6.07, 6.45) is 2.60. The van der Waals surface area contributed by atoms with Crippen LogP contribution in [0.2, 0.25) is 0 Å². The van der Waals surface area contributed by atoms with Crippen LogP contribution in [0.5, 0.6) is 5.75 Å². The molecule has 3 nitrogen and oxygen atoms in total. The Balaban J connectivity index is 2.15. The molecular formula is C15H19NO2S. The highest BCUT2D eigenvalue weighted by Gasteiger charge is 2.22. The molecule has 2 unspecified atom stereocenters. The third-order valence-corrected chi connectivity index (χ3v) is 4.39. The molecule has 1 aromatic carbocycles. The second-order valence-corrected chi connectivity index (χ2v) is 5.52. The van der Waals surface area contributed by atoms with Crippen molar-refractivity contribution in [3.05, 3.63) is 48.4 Å². The summed E-state index contributed by atoms with van der Waals surface area (Å²) < 4.78 is 10.7. The van der Waals surface area contributed by atoms with Gasteiger partial charge >= 0.3 is 0 Å². The average molecular weight is 277 g/mol. The third-order valence-electron chi connectivity index (χ3n) is 3.01. The molecule has 0 saturated heterocycles. The lowest BCUT2D eigenvalue weighted by atomic mass is 10.1. The quantitative estimate of drug-likeness (QED) is 0.815. The Labute approximate surface area is 118 Å². The molecule has 0 radical (unpaired) electrons. The molecule has 0 fully saturated rings. The van der Waals surface area contributed by atoms with Gasteiger partial charge in [0.25, 0.3) is 0 Å². The first-order chi connectivity index (χ1) is 9.24. The van der Waals surface area contributed by atoms with Crippen molar-refractivity contribution in [1.29, 1.82) is 0 Å². The SMILES string of the molecule is CCC(N)C(Sc1ccc(OC)cc1)c1ccco1. The molecule has 0 aliphatic carbocycles. The van der Waals surface area contributed by atoms with E-state index < -0.39 is 0 Å². The van der Waals surface area contributed by atoms with E-state index in [1.54, 1.807) is 25.1 Å². The lowest BCUT2D eigenvalue weighted by Gasteiger charge is -2.20. The zero-order chi connectivity index (χ0) is 13.7. The molecule has 1 aromatic heterocycles. The van der Waals surface area contributed by atoms with Crippen molar-refractivity contribution < 1.29 is 9.15 Å². The number of benzene rings is 1. The molecule has 0 bridgehead atoms. The summed E-state index contributed by atoms with van der Waals surface area (Å²) in [5.41, 5.74) is 6.21. The van der Waals surface area contributed by atoms with Crippen molar-refractivity contribution in [2.75, 3.05) is 7.11 Å². The van der Waals surface area contributed by atoms with Gasteiger partial charge in [-0.05, 0) is 42.8 Å². The normalized spacial score (nSPS) is 14.1. The molecule has 0 aliphatic rings. The second-order valence-electron chi connectivity index (χ2n) is 4.30. The highest BCUT2D eigenvalue weighted by atomic mass is 32.2. The van der Waals surface area contributed by atoms with E-state index in [1.165, 1.54) is 0 Å². The zero-order valence-corrected chi connectivity index (χ0v) is 12.0. The lowest BCUT2D eigenvalue weighted by molar-refractivity contribution is 0.414. The molecule has 0 amide bonds. The summed E-state index contributed by atoms with van der Waals surface area (Å²) in [4.78, 5) is 1.16. The van der Waals surface area contributed by atoms with Crippen molar-refractivity contribution in [3.63, 3.8) is 0 Å². The van der Waals surface area contributed by atoms with Crippen LogP contribution < -0.4 is 10.5 Å². The van der Waals surface area contributed by atoms with Crippen LogP contribution in [0.4, 0.5) is 0 Å². The number of nitrogens with two attached hydrogens (primary N) is 1. The van der Waals surface area contributed by atoms with Crippen molar-refractivity contribution in [1.82, 2.24) is 0 Å². The van der Waals surface area contributed by atoms with Gasteiger partial charge in [-0.1, -0.05) is 6.92 Å². The largest absolute Gasteiger partial charge is 0.497 e. The van der Waals surface area contributed by atoms with Crippen LogP contribution in [-0.2, 0) is 0 Å². The first-order valence-corrected chi connectivity index (χ1v) is 7.22. The highest BCUT2D eigenvalue weighted by Crippen LogP contribution is 2.38. The first-order valence-electron chi connectivity index (χ1n) is 6.34. The summed E-state index contributed by atoms with van der Waals surface area (Å²) in [6, 6.07) is 12.0. The molecule has 0 spiro atoms. The Morgan fingerprint density at radius 2 is 2.00 bits per heavy atom. The van der Waals surface area contributed by atoms with Gasteiger partial charge in [0.2, 0.25) is 0 Å². The first kappa shape index (κ1) is 14.0. The number of methoxy groups -OCH3 is 1. The zero-order valence-electron chi connectivity index (χ0n) is 11.2. The minimum absolute atomic E-state index is 0.0678. The lowest BCUT2D eigenvalue weighted by Crippen LogP contribution is -2.25. The van der Waals surface area contributed by atoms with E-state index in [9.17, 15) is 0 Å². The van der Waals surface area contributed by atoms with Crippen LogP contribution in [0, 0.1) is 0 Å². The van der Waals surface area contributed by atoms with Crippen molar-refractivity contribution >= 4 is 11.8 Å². The standard InChI is InChI=1S/C15H19NO2S/c1-3-13(16)15(14-5-4-10-18-14)19-12-8-6-11(17-2)7-9-12/h4-10,13,15H,3,16H2,1-2H3. The molecule has 102 valence electrons. The molecule has 0 saturated carbocycles. The minimum Gasteiger partial charge on any atom is -0.497 e. The number of thioether (sulfide) groups is 1. The van der Waals surface area contributed by atoms with E-state index in [0.29, 0.717) is 0 Å². The summed E-state index contributed by atoms with van der Waals surface area (Å²) in [5.74, 6) is 1.79. The predicted molar refractivity (Wildman–Crippen MR) is 78.6 cm³/mol. The average Bonchev–Trinajstić information content (AvgIpc) is 2.98. The van der Waals surface area contributed by atoms with Gasteiger partial charge in [0.15, 0.2) is 0 Å². The van der Waals surface area contributed by atoms with Crippen molar-refractivity contribution in [2.24, 2.45) is 5.73 Å². The molecule has 2 atom stereocenters. The third kappa shape index (κ3) is 3.55. The minimum atomic E-state index is 0.0678. The van der Waals surface area contributed by atoms with Crippen LogP contribution in [0.3, 0.4) is 0 Å². The Kier molecular flexibility index (Phi) is 4.93. The van der Waals surface area contributed by atoms with Gasteiger partial charge in [-0.3, -0.25) is 0 Å². The molecule has 2 aromatic rings. The Hall–Kier alpha value is -1.39. The number of ether oxygens (including phenoxy) is 1. The van der Waals surface area contributed by atoms with E-state index in [2.05, 4.69) is 6.92 Å². The summed E-state index contributed by atoms with van der Waals surface area (Å²) in [5, 5.41) is 0.133. The smallest absolute Gasteiger partial charge is 0.118 e. The van der Waals surface area contributed by atoms with Gasteiger partial charge in [-0.15, -0.1) is 11.8 Å². The van der Waals surface area contributed by atoms with Crippen LogP contribution in [0.1, 0.15) is 24.4 Å². The van der Waals surface area contributed by atoms with Gasteiger partial charge in [0.05, 0.1) is 18.6 Å². The maximum absolute atomic E-state index is 6.21. The maximum atomic E-state index is 6.21. The topological polar surface area (TPSA) is 48.4 Å². The number of hydrogen-bond acceptors (Lipinski definition) is 4. The molecule has 0 aliphatic heterocycles. The number of furan rings is 1. The highest BCUT2D eigenvalue weighted by molar-refractivity contribution is 7.99. The van der Waals surface area contributed by atoms with E-state index in [4.69, 9.17) is 14.9 Å². The second kappa shape index (κ2) is 6.68. The predicted octanol–water partition coefficient (Wildman–Crippen LogP) is 3.86. The fraction of sp³-hybridized carbons (Fsp3) is 0.333. The van der Waals surface area contributed by atoms with E-state index >= 15 is 0 Å². The summed E-state index contributed by atoms with van der Waals surface area (Å²) >= 11 is 1.72. The molecule has 2 rings (SSSR count). The van der Waals surface area contributed by atoms with E-state index in [-0.39, 0.29) is 11.3 Å². The Morgan fingerprint density at radius 3 is 2.53 bits per heavy atom. The Bertz CT molecular complexity index is 481. The molecule has 1 heterocycles. The summed E-state index contributed by atoms with van der Waals surface area (Å²) in [6.45, 7) is 2.09.